The van der Waals surface area contributed by atoms with Gasteiger partial charge in [0, 0.05) is 25.1 Å². The number of rotatable bonds is 9. The average Bonchev–Trinajstić information content (AvgIpc) is 3.26. The third-order valence-electron chi connectivity index (χ3n) is 6.45. The van der Waals surface area contributed by atoms with Crippen LogP contribution in [-0.4, -0.2) is 17.1 Å². The molecule has 1 unspecified atom stereocenters. The summed E-state index contributed by atoms with van der Waals surface area (Å²) < 4.78 is 5.31. The molecule has 172 valence electrons. The van der Waals surface area contributed by atoms with E-state index in [-0.39, 0.29) is 0 Å². The first-order valence-corrected chi connectivity index (χ1v) is 12.8. The predicted molar refractivity (Wildman–Crippen MR) is 140 cm³/mol. The quantitative estimate of drug-likeness (QED) is 0.304. The van der Waals surface area contributed by atoms with E-state index in [4.69, 9.17) is 9.72 Å². The van der Waals surface area contributed by atoms with Crippen molar-refractivity contribution in [2.45, 2.75) is 46.6 Å². The van der Waals surface area contributed by atoms with Crippen LogP contribution in [0.25, 0.3) is 26.6 Å². The SMILES string of the molecule is CC/C=C(\C=C/C(C)C1CC(C)C1)c1nc(-c2cncc(COC)c2)sc1-c1ccccc1. The van der Waals surface area contributed by atoms with Gasteiger partial charge in [-0.05, 0) is 59.8 Å². The Hall–Kier alpha value is -2.56. The highest BCUT2D eigenvalue weighted by Gasteiger charge is 2.28. The van der Waals surface area contributed by atoms with E-state index in [0.717, 1.165) is 40.1 Å². The van der Waals surface area contributed by atoms with Gasteiger partial charge >= 0.3 is 0 Å². The molecule has 2 aromatic heterocycles. The molecule has 4 heteroatoms. The smallest absolute Gasteiger partial charge is 0.126 e. The maximum absolute atomic E-state index is 5.31. The number of hydrogen-bond acceptors (Lipinski definition) is 4. The largest absolute Gasteiger partial charge is 0.380 e. The second-order valence-corrected chi connectivity index (χ2v) is 10.2. The minimum Gasteiger partial charge on any atom is -0.380 e. The van der Waals surface area contributed by atoms with Crippen LogP contribution in [-0.2, 0) is 11.3 Å². The highest BCUT2D eigenvalue weighted by atomic mass is 32.1. The third-order valence-corrected chi connectivity index (χ3v) is 7.60. The number of hydrogen-bond donors (Lipinski definition) is 0. The molecule has 1 aromatic carbocycles. The van der Waals surface area contributed by atoms with Crippen molar-refractivity contribution in [2.75, 3.05) is 7.11 Å². The molecule has 0 aliphatic heterocycles. The lowest BCUT2D eigenvalue weighted by molar-refractivity contribution is 0.170. The fourth-order valence-electron chi connectivity index (χ4n) is 4.54. The number of benzene rings is 1. The van der Waals surface area contributed by atoms with Crippen molar-refractivity contribution < 1.29 is 4.74 Å². The van der Waals surface area contributed by atoms with Crippen LogP contribution in [0, 0.1) is 17.8 Å². The number of ether oxygens (including phenoxy) is 1. The zero-order valence-electron chi connectivity index (χ0n) is 20.1. The molecule has 0 N–H and O–H groups in total. The van der Waals surface area contributed by atoms with Gasteiger partial charge in [0.1, 0.15) is 5.01 Å². The zero-order valence-corrected chi connectivity index (χ0v) is 20.9. The molecule has 33 heavy (non-hydrogen) atoms. The lowest BCUT2D eigenvalue weighted by atomic mass is 9.70. The van der Waals surface area contributed by atoms with Crippen LogP contribution in [0.2, 0.25) is 0 Å². The Morgan fingerprint density at radius 1 is 1.18 bits per heavy atom. The summed E-state index contributed by atoms with van der Waals surface area (Å²) in [5, 5.41) is 0.991. The van der Waals surface area contributed by atoms with Gasteiger partial charge in [0.25, 0.3) is 0 Å². The van der Waals surface area contributed by atoms with Gasteiger partial charge in [0.05, 0.1) is 17.2 Å². The number of methoxy groups -OCH3 is 1. The van der Waals surface area contributed by atoms with E-state index in [1.165, 1.54) is 28.9 Å². The molecule has 2 heterocycles. The topological polar surface area (TPSA) is 35.0 Å². The highest BCUT2D eigenvalue weighted by Crippen LogP contribution is 2.41. The van der Waals surface area contributed by atoms with E-state index in [9.17, 15) is 0 Å². The van der Waals surface area contributed by atoms with Crippen molar-refractivity contribution in [1.29, 1.82) is 0 Å². The molecule has 3 nitrogen and oxygen atoms in total. The van der Waals surface area contributed by atoms with Crippen LogP contribution in [0.15, 0.2) is 67.0 Å². The molecule has 0 radical (unpaired) electrons. The van der Waals surface area contributed by atoms with E-state index in [1.54, 1.807) is 18.4 Å². The van der Waals surface area contributed by atoms with E-state index in [2.05, 4.69) is 80.4 Å². The second-order valence-electron chi connectivity index (χ2n) is 9.20. The monoisotopic (exact) mass is 458 g/mol. The van der Waals surface area contributed by atoms with Crippen molar-refractivity contribution >= 4 is 16.9 Å². The van der Waals surface area contributed by atoms with E-state index in [1.807, 2.05) is 12.4 Å². The van der Waals surface area contributed by atoms with Crippen LogP contribution in [0.3, 0.4) is 0 Å². The Labute approximate surface area is 202 Å². The van der Waals surface area contributed by atoms with Gasteiger partial charge in [-0.3, -0.25) is 4.98 Å². The highest BCUT2D eigenvalue weighted by molar-refractivity contribution is 7.18. The first-order valence-electron chi connectivity index (χ1n) is 12.0. The maximum Gasteiger partial charge on any atom is 0.126 e. The van der Waals surface area contributed by atoms with E-state index in [0.29, 0.717) is 12.5 Å². The molecule has 0 bridgehead atoms. The number of aromatic nitrogens is 2. The van der Waals surface area contributed by atoms with Gasteiger partial charge in [-0.1, -0.05) is 69.3 Å². The summed E-state index contributed by atoms with van der Waals surface area (Å²) in [5.74, 6) is 2.28. The van der Waals surface area contributed by atoms with Gasteiger partial charge in [0.15, 0.2) is 0 Å². The summed E-state index contributed by atoms with van der Waals surface area (Å²) in [6.45, 7) is 7.45. The average molecular weight is 459 g/mol. The van der Waals surface area contributed by atoms with Crippen LogP contribution in [0.5, 0.6) is 0 Å². The maximum atomic E-state index is 5.31. The first kappa shape index (κ1) is 23.6. The summed E-state index contributed by atoms with van der Waals surface area (Å²) in [4.78, 5) is 10.8. The van der Waals surface area contributed by atoms with Gasteiger partial charge in [-0.2, -0.15) is 0 Å². The van der Waals surface area contributed by atoms with Gasteiger partial charge < -0.3 is 4.74 Å². The number of pyridine rings is 1. The normalized spacial score (nSPS) is 19.6. The fraction of sp³-hybridized carbons (Fsp3) is 0.379. The van der Waals surface area contributed by atoms with E-state index >= 15 is 0 Å². The molecular formula is C29H34N2OS. The summed E-state index contributed by atoms with van der Waals surface area (Å²) in [5.41, 5.74) is 5.56. The molecule has 1 fully saturated rings. The molecule has 1 atom stereocenters. The summed E-state index contributed by atoms with van der Waals surface area (Å²) in [6.07, 6.45) is 14.4. The third kappa shape index (κ3) is 5.69. The Morgan fingerprint density at radius 2 is 1.97 bits per heavy atom. The van der Waals surface area contributed by atoms with Crippen LogP contribution < -0.4 is 0 Å². The van der Waals surface area contributed by atoms with Gasteiger partial charge in [0.2, 0.25) is 0 Å². The molecule has 0 spiro atoms. The van der Waals surface area contributed by atoms with Crippen LogP contribution >= 0.6 is 11.3 Å². The molecule has 1 saturated carbocycles. The second kappa shape index (κ2) is 11.0. The molecule has 0 saturated heterocycles. The number of allylic oxidation sites excluding steroid dienone is 4. The first-order chi connectivity index (χ1) is 16.1. The standard InChI is InChI=1S/C29H34N2OS/c1-5-9-23(13-12-21(3)25-14-20(2)15-25)27-28(24-10-7-6-8-11-24)33-29(31-27)26-16-22(19-32-4)17-30-18-26/h6-13,16-18,20-21,25H,5,14-15,19H2,1-4H3/b13-12-,23-9+. The summed E-state index contributed by atoms with van der Waals surface area (Å²) in [6, 6.07) is 12.7. The Kier molecular flexibility index (Phi) is 7.89. The molecule has 1 aliphatic rings. The summed E-state index contributed by atoms with van der Waals surface area (Å²) in [7, 11) is 1.71. The number of nitrogens with zero attached hydrogens (tertiary/aromatic N) is 2. The van der Waals surface area contributed by atoms with Crippen molar-refractivity contribution in [3.63, 3.8) is 0 Å². The number of thiazole rings is 1. The zero-order chi connectivity index (χ0) is 23.2. The van der Waals surface area contributed by atoms with Crippen LogP contribution in [0.4, 0.5) is 0 Å². The van der Waals surface area contributed by atoms with Gasteiger partial charge in [-0.15, -0.1) is 11.3 Å². The Balaban J connectivity index is 1.73. The minimum atomic E-state index is 0.548. The Morgan fingerprint density at radius 3 is 2.67 bits per heavy atom. The lowest BCUT2D eigenvalue weighted by Gasteiger charge is -2.36. The van der Waals surface area contributed by atoms with E-state index < -0.39 is 0 Å². The molecular weight excluding hydrogens is 424 g/mol. The summed E-state index contributed by atoms with van der Waals surface area (Å²) >= 11 is 1.74. The fourth-order valence-corrected chi connectivity index (χ4v) is 5.62. The van der Waals surface area contributed by atoms with Crippen molar-refractivity contribution in [1.82, 2.24) is 9.97 Å². The van der Waals surface area contributed by atoms with Crippen molar-refractivity contribution in [2.24, 2.45) is 17.8 Å². The van der Waals surface area contributed by atoms with Crippen molar-refractivity contribution in [3.8, 4) is 21.0 Å². The van der Waals surface area contributed by atoms with Gasteiger partial charge in [-0.25, -0.2) is 4.98 Å². The molecule has 1 aliphatic carbocycles. The molecule has 0 amide bonds. The van der Waals surface area contributed by atoms with Crippen LogP contribution in [0.1, 0.15) is 51.3 Å². The predicted octanol–water partition coefficient (Wildman–Crippen LogP) is 8.05. The van der Waals surface area contributed by atoms with Crippen molar-refractivity contribution in [3.05, 3.63) is 78.3 Å². The molecule has 3 aromatic rings. The minimum absolute atomic E-state index is 0.548. The lowest BCUT2D eigenvalue weighted by Crippen LogP contribution is -2.25. The molecule has 4 rings (SSSR count). The Bertz CT molecular complexity index is 1110.